The van der Waals surface area contributed by atoms with Gasteiger partial charge in [0, 0.05) is 44.9 Å². The Morgan fingerprint density at radius 1 is 0.362 bits per heavy atom. The molecule has 0 N–H and O–H groups in total. The highest BCUT2D eigenvalue weighted by atomic mass is 16.3. The van der Waals surface area contributed by atoms with E-state index in [1.807, 2.05) is 12.1 Å². The van der Waals surface area contributed by atoms with E-state index < -0.39 is 0 Å². The standard InChI is InChI=1S/C55H36N2O/c1-55(2)49-31-38(34-16-14-33(15-17-34)37-22-25-42-41-8-3-4-10-46(41)52-53(48(42)30-37)57-29-28-56-52)23-26-43(49)44-27-24-39(32-50(44)55)35-18-20-36(21-19-35)40-11-7-12-47-45-9-5-6-13-51(45)58-54(40)47/h3-32H,1-2H3. The van der Waals surface area contributed by atoms with Gasteiger partial charge in [-0.15, -0.1) is 0 Å². The van der Waals surface area contributed by atoms with E-state index in [2.05, 4.69) is 172 Å². The topological polar surface area (TPSA) is 38.9 Å². The molecular formula is C55H36N2O. The van der Waals surface area contributed by atoms with Crippen molar-refractivity contribution in [3.8, 4) is 55.6 Å². The molecular weight excluding hydrogens is 705 g/mol. The van der Waals surface area contributed by atoms with E-state index in [1.54, 1.807) is 12.4 Å². The maximum Gasteiger partial charge on any atom is 0.143 e. The molecule has 0 spiro atoms. The number of para-hydroxylation sites is 2. The molecule has 1 aliphatic rings. The van der Waals surface area contributed by atoms with Crippen LogP contribution < -0.4 is 0 Å². The molecule has 12 rings (SSSR count). The number of aromatic nitrogens is 2. The number of nitrogens with zero attached hydrogens (tertiary/aromatic N) is 2. The maximum atomic E-state index is 6.35. The SMILES string of the molecule is CC1(C)c2cc(-c3ccc(-c4ccc5c6ccccc6c6nccnc6c5c4)cc3)ccc2-c2ccc(-c3ccc(-c4cccc5c4oc4ccccc45)cc3)cc21. The Morgan fingerprint density at radius 3 is 1.50 bits per heavy atom. The molecule has 0 radical (unpaired) electrons. The zero-order valence-corrected chi connectivity index (χ0v) is 32.1. The van der Waals surface area contributed by atoms with Gasteiger partial charge in [0.05, 0.1) is 11.0 Å². The second-order valence-corrected chi connectivity index (χ2v) is 16.1. The van der Waals surface area contributed by atoms with E-state index >= 15 is 0 Å². The van der Waals surface area contributed by atoms with E-state index in [0.717, 1.165) is 54.9 Å². The molecule has 9 aromatic carbocycles. The molecule has 1 aliphatic carbocycles. The van der Waals surface area contributed by atoms with Crippen LogP contribution in [0.2, 0.25) is 0 Å². The van der Waals surface area contributed by atoms with Gasteiger partial charge in [0.25, 0.3) is 0 Å². The third-order valence-electron chi connectivity index (χ3n) is 12.6. The molecule has 3 heteroatoms. The van der Waals surface area contributed by atoms with Crippen LogP contribution in [0.3, 0.4) is 0 Å². The quantitative estimate of drug-likeness (QED) is 0.169. The lowest BCUT2D eigenvalue weighted by molar-refractivity contribution is 0.661. The Kier molecular flexibility index (Phi) is 6.98. The van der Waals surface area contributed by atoms with E-state index in [1.165, 1.54) is 66.4 Å². The highest BCUT2D eigenvalue weighted by Gasteiger charge is 2.36. The molecule has 0 unspecified atom stereocenters. The van der Waals surface area contributed by atoms with Gasteiger partial charge in [0.2, 0.25) is 0 Å². The molecule has 0 fully saturated rings. The molecule has 0 saturated carbocycles. The third-order valence-corrected chi connectivity index (χ3v) is 12.6. The van der Waals surface area contributed by atoms with Gasteiger partial charge in [-0.3, -0.25) is 9.97 Å². The van der Waals surface area contributed by atoms with E-state index in [4.69, 9.17) is 14.4 Å². The lowest BCUT2D eigenvalue weighted by Crippen LogP contribution is -2.15. The summed E-state index contributed by atoms with van der Waals surface area (Å²) in [5.41, 5.74) is 18.4. The predicted octanol–water partition coefficient (Wildman–Crippen LogP) is 14.8. The fourth-order valence-electron chi connectivity index (χ4n) is 9.58. The van der Waals surface area contributed by atoms with Crippen LogP contribution in [0.4, 0.5) is 0 Å². The van der Waals surface area contributed by atoms with Gasteiger partial charge < -0.3 is 4.42 Å². The molecule has 2 heterocycles. The van der Waals surface area contributed by atoms with E-state index in [0.29, 0.717) is 0 Å². The molecule has 0 atom stereocenters. The Labute approximate surface area is 335 Å². The normalized spacial score (nSPS) is 13.1. The van der Waals surface area contributed by atoms with Crippen LogP contribution in [0.15, 0.2) is 187 Å². The molecule has 272 valence electrons. The fraction of sp³-hybridized carbons (Fsp3) is 0.0545. The predicted molar refractivity (Wildman–Crippen MR) is 241 cm³/mol. The molecule has 58 heavy (non-hydrogen) atoms. The molecule has 3 nitrogen and oxygen atoms in total. The molecule has 0 aliphatic heterocycles. The number of hydrogen-bond acceptors (Lipinski definition) is 3. The number of rotatable bonds is 4. The average Bonchev–Trinajstić information content (AvgIpc) is 3.78. The van der Waals surface area contributed by atoms with E-state index in [-0.39, 0.29) is 5.41 Å². The van der Waals surface area contributed by atoms with Crippen LogP contribution in [0.1, 0.15) is 25.0 Å². The fourth-order valence-corrected chi connectivity index (χ4v) is 9.58. The Hall–Kier alpha value is -7.36. The molecule has 2 aromatic heterocycles. The molecule has 11 aromatic rings. The van der Waals surface area contributed by atoms with Gasteiger partial charge in [0.1, 0.15) is 11.2 Å². The Morgan fingerprint density at radius 2 is 0.845 bits per heavy atom. The van der Waals surface area contributed by atoms with Crippen molar-refractivity contribution < 1.29 is 4.42 Å². The lowest BCUT2D eigenvalue weighted by atomic mass is 9.80. The Balaban J connectivity index is 0.844. The molecule has 0 saturated heterocycles. The Bertz CT molecular complexity index is 3430. The zero-order chi connectivity index (χ0) is 38.5. The minimum absolute atomic E-state index is 0.144. The van der Waals surface area contributed by atoms with Crippen LogP contribution >= 0.6 is 0 Å². The molecule has 0 amide bonds. The van der Waals surface area contributed by atoms with Gasteiger partial charge in [-0.05, 0) is 96.2 Å². The summed E-state index contributed by atoms with van der Waals surface area (Å²) in [5, 5.41) is 6.96. The monoisotopic (exact) mass is 740 g/mol. The first-order valence-corrected chi connectivity index (χ1v) is 20.0. The van der Waals surface area contributed by atoms with Crippen molar-refractivity contribution >= 4 is 54.5 Å². The van der Waals surface area contributed by atoms with Crippen molar-refractivity contribution in [3.05, 3.63) is 193 Å². The minimum atomic E-state index is -0.144. The van der Waals surface area contributed by atoms with Crippen molar-refractivity contribution in [2.75, 3.05) is 0 Å². The highest BCUT2D eigenvalue weighted by Crippen LogP contribution is 2.51. The largest absolute Gasteiger partial charge is 0.455 e. The van der Waals surface area contributed by atoms with Gasteiger partial charge in [-0.25, -0.2) is 0 Å². The summed E-state index contributed by atoms with van der Waals surface area (Å²) in [5.74, 6) is 0. The first-order chi connectivity index (χ1) is 28.5. The molecule has 0 bridgehead atoms. The number of furan rings is 1. The summed E-state index contributed by atoms with van der Waals surface area (Å²) in [7, 11) is 0. The second-order valence-electron chi connectivity index (χ2n) is 16.1. The van der Waals surface area contributed by atoms with Crippen LogP contribution in [0.25, 0.3) is 110 Å². The maximum absolute atomic E-state index is 6.35. The zero-order valence-electron chi connectivity index (χ0n) is 32.1. The summed E-state index contributed by atoms with van der Waals surface area (Å²) in [4.78, 5) is 9.52. The minimum Gasteiger partial charge on any atom is -0.455 e. The van der Waals surface area contributed by atoms with Gasteiger partial charge in [0.15, 0.2) is 0 Å². The first kappa shape index (κ1) is 32.8. The van der Waals surface area contributed by atoms with Gasteiger partial charge >= 0.3 is 0 Å². The summed E-state index contributed by atoms with van der Waals surface area (Å²) in [6, 6.07) is 61.8. The van der Waals surface area contributed by atoms with Crippen molar-refractivity contribution in [1.29, 1.82) is 0 Å². The van der Waals surface area contributed by atoms with E-state index in [9.17, 15) is 0 Å². The van der Waals surface area contributed by atoms with Crippen molar-refractivity contribution in [3.63, 3.8) is 0 Å². The summed E-state index contributed by atoms with van der Waals surface area (Å²) in [6.07, 6.45) is 3.57. The van der Waals surface area contributed by atoms with Crippen molar-refractivity contribution in [1.82, 2.24) is 9.97 Å². The van der Waals surface area contributed by atoms with Gasteiger partial charge in [-0.1, -0.05) is 159 Å². The summed E-state index contributed by atoms with van der Waals surface area (Å²) < 4.78 is 6.35. The first-order valence-electron chi connectivity index (χ1n) is 20.0. The average molecular weight is 741 g/mol. The third kappa shape index (κ3) is 4.86. The highest BCUT2D eigenvalue weighted by molar-refractivity contribution is 6.23. The number of fused-ring (bicyclic) bond motifs is 12. The van der Waals surface area contributed by atoms with Crippen molar-refractivity contribution in [2.24, 2.45) is 0 Å². The van der Waals surface area contributed by atoms with Crippen LogP contribution in [-0.2, 0) is 5.41 Å². The van der Waals surface area contributed by atoms with Crippen LogP contribution in [-0.4, -0.2) is 9.97 Å². The smallest absolute Gasteiger partial charge is 0.143 e. The second kappa shape index (κ2) is 12.3. The number of benzene rings is 9. The van der Waals surface area contributed by atoms with Gasteiger partial charge in [-0.2, -0.15) is 0 Å². The van der Waals surface area contributed by atoms with Crippen LogP contribution in [0.5, 0.6) is 0 Å². The summed E-state index contributed by atoms with van der Waals surface area (Å²) in [6.45, 7) is 4.73. The lowest BCUT2D eigenvalue weighted by Gasteiger charge is -2.22. The number of hydrogen-bond donors (Lipinski definition) is 0. The van der Waals surface area contributed by atoms with Crippen molar-refractivity contribution in [2.45, 2.75) is 19.3 Å². The van der Waals surface area contributed by atoms with Crippen LogP contribution in [0, 0.1) is 0 Å². The summed E-state index contributed by atoms with van der Waals surface area (Å²) >= 11 is 0.